The van der Waals surface area contributed by atoms with Gasteiger partial charge in [0, 0.05) is 54.5 Å². The Morgan fingerprint density at radius 3 is 2.47 bits per heavy atom. The van der Waals surface area contributed by atoms with Gasteiger partial charge in [-0.15, -0.1) is 0 Å². The highest BCUT2D eigenvalue weighted by Gasteiger charge is 2.84. The molecule has 3 saturated carbocycles. The largest absolute Gasteiger partial charge is 0.492 e. The SMILES string of the molecule is COC(=O)/C(C)=C\CC12OC(C)(C)C3CC(C1=O)C1C(C#N)=C(N)N(C)C4=C1C32Oc1c(CC=C(C)C)c2c(c(OCCCCO)c14)C=CC(C)(CCC=C(C)C)O2. The fourth-order valence-corrected chi connectivity index (χ4v) is 10.5. The second-order valence-corrected chi connectivity index (χ2v) is 18.0. The normalized spacial score (nSPS) is 29.5. The smallest absolute Gasteiger partial charge is 0.333 e. The Morgan fingerprint density at radius 2 is 1.81 bits per heavy atom. The van der Waals surface area contributed by atoms with Gasteiger partial charge in [0.1, 0.15) is 28.7 Å². The van der Waals surface area contributed by atoms with Crippen LogP contribution in [0.2, 0.25) is 0 Å². The number of hydrogen-bond donors (Lipinski definition) is 2. The molecule has 1 aromatic carbocycles. The van der Waals surface area contributed by atoms with Gasteiger partial charge in [0.05, 0.1) is 47.8 Å². The molecule has 1 aromatic rings. The zero-order chi connectivity index (χ0) is 42.1. The van der Waals surface area contributed by atoms with Crippen LogP contribution in [-0.2, 0) is 25.5 Å². The van der Waals surface area contributed by atoms with Gasteiger partial charge in [-0.25, -0.2) is 4.79 Å². The van der Waals surface area contributed by atoms with Crippen LogP contribution < -0.4 is 19.9 Å². The number of Topliss-reactive ketones (excluding diaryl/α,β-unsaturated/α-hetero) is 1. The Labute approximate surface area is 342 Å². The van der Waals surface area contributed by atoms with Gasteiger partial charge in [0.15, 0.2) is 17.0 Å². The number of benzene rings is 1. The third kappa shape index (κ3) is 6.04. The van der Waals surface area contributed by atoms with Crippen LogP contribution in [0.4, 0.5) is 0 Å². The summed E-state index contributed by atoms with van der Waals surface area (Å²) in [6, 6.07) is 2.40. The van der Waals surface area contributed by atoms with Gasteiger partial charge >= 0.3 is 5.97 Å². The van der Waals surface area contributed by atoms with Gasteiger partial charge in [0.2, 0.25) is 0 Å². The number of fused-ring (bicyclic) bond motifs is 3. The molecule has 58 heavy (non-hydrogen) atoms. The number of ether oxygens (including phenoxy) is 5. The summed E-state index contributed by atoms with van der Waals surface area (Å²) < 4.78 is 34.0. The van der Waals surface area contributed by atoms with Crippen molar-refractivity contribution < 1.29 is 38.4 Å². The summed E-state index contributed by atoms with van der Waals surface area (Å²) in [4.78, 5) is 30.0. The number of hydrogen-bond acceptors (Lipinski definition) is 11. The summed E-state index contributed by atoms with van der Waals surface area (Å²) in [6.07, 6.45) is 13.9. The number of nitriles is 1. The molecule has 0 amide bonds. The highest BCUT2D eigenvalue weighted by molar-refractivity contribution is 6.02. The Balaban J connectivity index is 1.59. The molecule has 4 bridgehead atoms. The van der Waals surface area contributed by atoms with Crippen LogP contribution >= 0.6 is 0 Å². The van der Waals surface area contributed by atoms with Crippen LogP contribution in [0.5, 0.6) is 17.2 Å². The van der Waals surface area contributed by atoms with Gasteiger partial charge in [-0.1, -0.05) is 29.4 Å². The first-order valence-corrected chi connectivity index (χ1v) is 20.6. The standard InChI is InChI=1S/C47H59N3O8/c1-26(2)14-13-19-45(8)20-18-30-38(56-45)29(16-15-27(3)4)40-35(39(30)55-23-12-11-22-51)37-36-34(32(25-48)42(49)50(37)9)31-24-33-44(6,7)58-46(41(31)52,47(33,36)57-40)21-17-28(5)43(53)54-10/h14-15,17-18,20,31,33-34,51H,11-13,16,19,21-24,49H2,1-10H3/b28-17-. The maximum Gasteiger partial charge on any atom is 0.333 e. The molecule has 8 rings (SSSR count). The monoisotopic (exact) mass is 793 g/mol. The molecule has 1 spiro atoms. The maximum atomic E-state index is 15.4. The Kier molecular flexibility index (Phi) is 10.6. The van der Waals surface area contributed by atoms with Crippen LogP contribution in [0.3, 0.4) is 0 Å². The maximum absolute atomic E-state index is 15.4. The van der Waals surface area contributed by atoms with Crippen molar-refractivity contribution in [2.24, 2.45) is 23.5 Å². The number of esters is 1. The van der Waals surface area contributed by atoms with Crippen LogP contribution in [0.25, 0.3) is 11.8 Å². The molecule has 1 saturated heterocycles. The molecule has 7 aliphatic rings. The molecular formula is C47H59N3O8. The zero-order valence-corrected chi connectivity index (χ0v) is 35.8. The van der Waals surface area contributed by atoms with Crippen molar-refractivity contribution in [1.82, 2.24) is 4.90 Å². The minimum atomic E-state index is -1.56. The number of aliphatic hydroxyl groups excluding tert-OH is 1. The molecular weight excluding hydrogens is 735 g/mol. The van der Waals surface area contributed by atoms with Gasteiger partial charge in [0.25, 0.3) is 0 Å². The van der Waals surface area contributed by atoms with Crippen molar-refractivity contribution in [3.63, 3.8) is 0 Å². The van der Waals surface area contributed by atoms with E-state index in [9.17, 15) is 15.2 Å². The molecule has 11 heteroatoms. The summed E-state index contributed by atoms with van der Waals surface area (Å²) in [5.41, 5.74) is 9.30. The van der Waals surface area contributed by atoms with Gasteiger partial charge in [-0.3, -0.25) is 4.79 Å². The Morgan fingerprint density at radius 1 is 1.09 bits per heavy atom. The molecule has 3 N–H and O–H groups in total. The van der Waals surface area contributed by atoms with E-state index < -0.39 is 40.2 Å². The molecule has 6 atom stereocenters. The van der Waals surface area contributed by atoms with Crippen molar-refractivity contribution in [1.29, 1.82) is 5.26 Å². The Bertz CT molecular complexity index is 2180. The van der Waals surface area contributed by atoms with Crippen LogP contribution in [-0.4, -0.2) is 71.5 Å². The van der Waals surface area contributed by atoms with E-state index in [-0.39, 0.29) is 30.5 Å². The van der Waals surface area contributed by atoms with E-state index in [1.165, 1.54) is 12.7 Å². The number of methoxy groups -OCH3 is 1. The molecule has 4 aliphatic heterocycles. The highest BCUT2D eigenvalue weighted by atomic mass is 16.6. The molecule has 6 unspecified atom stereocenters. The molecule has 4 heterocycles. The minimum Gasteiger partial charge on any atom is -0.492 e. The lowest BCUT2D eigenvalue weighted by Crippen LogP contribution is -2.75. The average Bonchev–Trinajstić information content (AvgIpc) is 3.31. The number of unbranched alkanes of at least 4 members (excludes halogenated alkanes) is 1. The minimum absolute atomic E-state index is 0.0381. The van der Waals surface area contributed by atoms with E-state index in [1.54, 1.807) is 13.0 Å². The third-order valence-electron chi connectivity index (χ3n) is 13.2. The van der Waals surface area contributed by atoms with E-state index in [1.807, 2.05) is 25.8 Å². The predicted molar refractivity (Wildman–Crippen MR) is 221 cm³/mol. The topological polar surface area (TPSA) is 154 Å². The first-order chi connectivity index (χ1) is 27.4. The number of nitrogens with zero attached hydrogens (tertiary/aromatic N) is 2. The average molecular weight is 794 g/mol. The van der Waals surface area contributed by atoms with Crippen molar-refractivity contribution >= 4 is 23.5 Å². The van der Waals surface area contributed by atoms with Gasteiger partial charge < -0.3 is 39.4 Å². The summed E-state index contributed by atoms with van der Waals surface area (Å²) in [6.45, 7) is 16.4. The third-order valence-corrected chi connectivity index (χ3v) is 13.2. The van der Waals surface area contributed by atoms with Crippen LogP contribution in [0, 0.1) is 29.1 Å². The first kappa shape index (κ1) is 41.4. The van der Waals surface area contributed by atoms with Crippen LogP contribution in [0.15, 0.2) is 58.0 Å². The lowest BCUT2D eigenvalue weighted by Gasteiger charge is -2.63. The van der Waals surface area contributed by atoms with Crippen molar-refractivity contribution in [3.8, 4) is 23.3 Å². The Hall–Kier alpha value is -4.79. The summed E-state index contributed by atoms with van der Waals surface area (Å²) in [7, 11) is 3.19. The molecule has 3 aliphatic carbocycles. The van der Waals surface area contributed by atoms with Gasteiger partial charge in [-0.05, 0) is 106 Å². The van der Waals surface area contributed by atoms with Crippen molar-refractivity contribution in [3.05, 3.63) is 74.7 Å². The fourth-order valence-electron chi connectivity index (χ4n) is 10.5. The van der Waals surface area contributed by atoms with E-state index in [0.29, 0.717) is 66.2 Å². The van der Waals surface area contributed by atoms with E-state index >= 15 is 4.79 Å². The van der Waals surface area contributed by atoms with Gasteiger partial charge in [-0.2, -0.15) is 5.26 Å². The molecule has 310 valence electrons. The summed E-state index contributed by atoms with van der Waals surface area (Å²) in [5.74, 6) is -0.289. The number of rotatable bonds is 13. The quantitative estimate of drug-likeness (QED) is 0.0877. The molecule has 0 radical (unpaired) electrons. The molecule has 4 fully saturated rings. The second-order valence-electron chi connectivity index (χ2n) is 18.0. The number of ketones is 1. The van der Waals surface area contributed by atoms with E-state index in [4.69, 9.17) is 29.4 Å². The lowest BCUT2D eigenvalue weighted by molar-refractivity contribution is -0.181. The fraction of sp³-hybridized carbons (Fsp3) is 0.553. The van der Waals surface area contributed by atoms with Crippen LogP contribution in [0.1, 0.15) is 111 Å². The van der Waals surface area contributed by atoms with Crippen molar-refractivity contribution in [2.75, 3.05) is 27.4 Å². The number of aliphatic hydroxyl groups is 1. The number of allylic oxidation sites excluding steroid dienone is 5. The second kappa shape index (κ2) is 14.8. The predicted octanol–water partition coefficient (Wildman–Crippen LogP) is 7.63. The highest BCUT2D eigenvalue weighted by Crippen LogP contribution is 2.74. The summed E-state index contributed by atoms with van der Waals surface area (Å²) >= 11 is 0. The van der Waals surface area contributed by atoms with E-state index in [0.717, 1.165) is 40.8 Å². The van der Waals surface area contributed by atoms with Crippen molar-refractivity contribution in [2.45, 2.75) is 123 Å². The summed E-state index contributed by atoms with van der Waals surface area (Å²) in [5, 5.41) is 20.5. The van der Waals surface area contributed by atoms with E-state index in [2.05, 4.69) is 65.0 Å². The number of nitrogens with two attached hydrogens (primary N) is 1. The number of carbonyl (C=O) groups excluding carboxylic acids is 2. The first-order valence-electron chi connectivity index (χ1n) is 20.6. The lowest BCUT2D eigenvalue weighted by atomic mass is 9.44. The molecule has 0 aromatic heterocycles. The number of carbonyl (C=O) groups is 2. The zero-order valence-electron chi connectivity index (χ0n) is 35.8. The molecule has 11 nitrogen and oxygen atoms in total.